The Kier molecular flexibility index (Phi) is 9.27. The predicted molar refractivity (Wildman–Crippen MR) is 91.0 cm³/mol. The molecular weight excluding hydrogens is 327 g/mol. The number of nitrogens with one attached hydrogen (secondary N) is 1. The average molecular weight is 353 g/mol. The van der Waals surface area contributed by atoms with Gasteiger partial charge in [0.1, 0.15) is 5.75 Å². The molecule has 3 atom stereocenters. The third-order valence-corrected chi connectivity index (χ3v) is 3.79. The highest BCUT2D eigenvalue weighted by atomic mass is 35.5. The van der Waals surface area contributed by atoms with E-state index in [2.05, 4.69) is 24.1 Å². The van der Waals surface area contributed by atoms with E-state index < -0.39 is 12.2 Å². The predicted octanol–water partition coefficient (Wildman–Crippen LogP) is 1.80. The first kappa shape index (κ1) is 21.4. The van der Waals surface area contributed by atoms with Gasteiger partial charge < -0.3 is 20.3 Å². The SMILES string of the molecule is CC(C)NCC1(COc2cccnc2)C[C@@H](O)[C@@H](O)C1.Cl.Cl. The Balaban J connectivity index is 0.00000220. The van der Waals surface area contributed by atoms with Gasteiger partial charge >= 0.3 is 0 Å². The molecule has 22 heavy (non-hydrogen) atoms. The summed E-state index contributed by atoms with van der Waals surface area (Å²) < 4.78 is 5.80. The molecule has 3 N–H and O–H groups in total. The third kappa shape index (κ3) is 5.89. The van der Waals surface area contributed by atoms with Crippen LogP contribution in [0.25, 0.3) is 0 Å². The fourth-order valence-electron chi connectivity index (χ4n) is 2.65. The van der Waals surface area contributed by atoms with Crippen LogP contribution < -0.4 is 10.1 Å². The molecule has 0 saturated heterocycles. The summed E-state index contributed by atoms with van der Waals surface area (Å²) in [4.78, 5) is 4.02. The monoisotopic (exact) mass is 352 g/mol. The minimum atomic E-state index is -0.665. The van der Waals surface area contributed by atoms with E-state index in [-0.39, 0.29) is 30.2 Å². The Bertz CT molecular complexity index is 411. The van der Waals surface area contributed by atoms with Crippen molar-refractivity contribution in [3.05, 3.63) is 24.5 Å². The fraction of sp³-hybridized carbons (Fsp3) is 0.667. The van der Waals surface area contributed by atoms with E-state index in [1.54, 1.807) is 12.4 Å². The molecule has 0 bridgehead atoms. The lowest BCUT2D eigenvalue weighted by Gasteiger charge is -2.30. The van der Waals surface area contributed by atoms with Crippen molar-refractivity contribution in [2.45, 2.75) is 44.9 Å². The summed E-state index contributed by atoms with van der Waals surface area (Å²) in [5.41, 5.74) is -0.237. The van der Waals surface area contributed by atoms with Crippen molar-refractivity contribution in [2.75, 3.05) is 13.2 Å². The highest BCUT2D eigenvalue weighted by molar-refractivity contribution is 5.85. The van der Waals surface area contributed by atoms with Crippen LogP contribution in [0.3, 0.4) is 0 Å². The minimum Gasteiger partial charge on any atom is -0.491 e. The molecule has 0 aliphatic heterocycles. The molecule has 1 saturated carbocycles. The number of pyridine rings is 1. The molecular formula is C15H26Cl2N2O3. The van der Waals surface area contributed by atoms with Crippen molar-refractivity contribution in [1.29, 1.82) is 0 Å². The second-order valence-corrected chi connectivity index (χ2v) is 6.06. The largest absolute Gasteiger partial charge is 0.491 e. The molecule has 0 aromatic carbocycles. The van der Waals surface area contributed by atoms with Crippen LogP contribution in [0.2, 0.25) is 0 Å². The highest BCUT2D eigenvalue weighted by Crippen LogP contribution is 2.38. The molecule has 0 radical (unpaired) electrons. The standard InChI is InChI=1S/C15H24N2O3.2ClH/c1-11(2)17-9-15(6-13(18)14(19)7-15)10-20-12-4-3-5-16-8-12;;/h3-5,8,11,13-14,17-19H,6-7,9-10H2,1-2H3;2*1H/t13-,14+,15?;;. The van der Waals surface area contributed by atoms with Crippen LogP contribution >= 0.6 is 24.8 Å². The summed E-state index contributed by atoms with van der Waals surface area (Å²) in [5, 5.41) is 23.1. The van der Waals surface area contributed by atoms with Crippen LogP contribution in [0.1, 0.15) is 26.7 Å². The normalized spacial score (nSPS) is 27.1. The summed E-state index contributed by atoms with van der Waals surface area (Å²) in [6.07, 6.45) is 3.14. The van der Waals surface area contributed by atoms with Gasteiger partial charge in [-0.25, -0.2) is 0 Å². The van der Waals surface area contributed by atoms with Crippen molar-refractivity contribution in [3.8, 4) is 5.75 Å². The topological polar surface area (TPSA) is 74.6 Å². The number of aliphatic hydroxyl groups excluding tert-OH is 2. The van der Waals surface area contributed by atoms with E-state index in [0.29, 0.717) is 31.2 Å². The van der Waals surface area contributed by atoms with Crippen LogP contribution in [-0.4, -0.2) is 46.6 Å². The molecule has 1 aromatic rings. The van der Waals surface area contributed by atoms with Crippen molar-refractivity contribution >= 4 is 24.8 Å². The number of aliphatic hydroxyl groups is 2. The van der Waals surface area contributed by atoms with Gasteiger partial charge in [-0.3, -0.25) is 4.98 Å². The number of ether oxygens (including phenoxy) is 1. The molecule has 1 fully saturated rings. The zero-order valence-electron chi connectivity index (χ0n) is 12.9. The highest BCUT2D eigenvalue weighted by Gasteiger charge is 2.44. The first-order valence-corrected chi connectivity index (χ1v) is 7.13. The molecule has 5 nitrogen and oxygen atoms in total. The van der Waals surface area contributed by atoms with Crippen molar-refractivity contribution in [1.82, 2.24) is 10.3 Å². The quantitative estimate of drug-likeness (QED) is 0.727. The summed E-state index contributed by atoms with van der Waals surface area (Å²) in [5.74, 6) is 0.715. The van der Waals surface area contributed by atoms with Crippen LogP contribution in [-0.2, 0) is 0 Å². The second kappa shape index (κ2) is 9.53. The maximum atomic E-state index is 9.85. The Morgan fingerprint density at radius 1 is 1.32 bits per heavy atom. The first-order valence-electron chi connectivity index (χ1n) is 7.13. The minimum absolute atomic E-state index is 0. The summed E-state index contributed by atoms with van der Waals surface area (Å²) in [7, 11) is 0. The van der Waals surface area contributed by atoms with Gasteiger partial charge in [0.2, 0.25) is 0 Å². The molecule has 2 rings (SSSR count). The molecule has 7 heteroatoms. The van der Waals surface area contributed by atoms with E-state index in [9.17, 15) is 10.2 Å². The smallest absolute Gasteiger partial charge is 0.137 e. The summed E-state index contributed by atoms with van der Waals surface area (Å²) in [6, 6.07) is 4.05. The number of halogens is 2. The van der Waals surface area contributed by atoms with Crippen molar-refractivity contribution in [3.63, 3.8) is 0 Å². The molecule has 128 valence electrons. The van der Waals surface area contributed by atoms with Crippen LogP contribution in [0, 0.1) is 5.41 Å². The lowest BCUT2D eigenvalue weighted by Crippen LogP contribution is -2.40. The van der Waals surface area contributed by atoms with Gasteiger partial charge in [-0.2, -0.15) is 0 Å². The Labute approximate surface area is 144 Å². The maximum Gasteiger partial charge on any atom is 0.137 e. The number of hydrogen-bond acceptors (Lipinski definition) is 5. The molecule has 1 aromatic heterocycles. The van der Waals surface area contributed by atoms with Crippen LogP contribution in [0.15, 0.2) is 24.5 Å². The van der Waals surface area contributed by atoms with Gasteiger partial charge in [0.05, 0.1) is 25.0 Å². The third-order valence-electron chi connectivity index (χ3n) is 3.79. The molecule has 1 unspecified atom stereocenters. The van der Waals surface area contributed by atoms with Gasteiger partial charge in [-0.1, -0.05) is 13.8 Å². The van der Waals surface area contributed by atoms with E-state index in [4.69, 9.17) is 4.74 Å². The van der Waals surface area contributed by atoms with Gasteiger partial charge in [-0.15, -0.1) is 24.8 Å². The summed E-state index contributed by atoms with van der Waals surface area (Å²) >= 11 is 0. The van der Waals surface area contributed by atoms with Crippen LogP contribution in [0.4, 0.5) is 0 Å². The van der Waals surface area contributed by atoms with E-state index in [0.717, 1.165) is 6.54 Å². The van der Waals surface area contributed by atoms with Crippen molar-refractivity contribution in [2.24, 2.45) is 5.41 Å². The van der Waals surface area contributed by atoms with Crippen LogP contribution in [0.5, 0.6) is 5.75 Å². The fourth-order valence-corrected chi connectivity index (χ4v) is 2.65. The number of rotatable bonds is 6. The van der Waals surface area contributed by atoms with E-state index in [1.807, 2.05) is 12.1 Å². The van der Waals surface area contributed by atoms with Gasteiger partial charge in [0.15, 0.2) is 0 Å². The maximum absolute atomic E-state index is 9.85. The van der Waals surface area contributed by atoms with E-state index >= 15 is 0 Å². The van der Waals surface area contributed by atoms with Gasteiger partial charge in [0, 0.05) is 24.2 Å². The summed E-state index contributed by atoms with van der Waals surface area (Å²) in [6.45, 7) is 5.35. The average Bonchev–Trinajstić information content (AvgIpc) is 2.72. The number of aromatic nitrogens is 1. The molecule has 1 aliphatic carbocycles. The molecule has 0 amide bonds. The van der Waals surface area contributed by atoms with Crippen molar-refractivity contribution < 1.29 is 14.9 Å². The zero-order chi connectivity index (χ0) is 14.6. The molecule has 1 aliphatic rings. The lowest BCUT2D eigenvalue weighted by atomic mass is 9.86. The molecule has 0 spiro atoms. The first-order chi connectivity index (χ1) is 9.51. The molecule has 1 heterocycles. The lowest BCUT2D eigenvalue weighted by molar-refractivity contribution is 0.0438. The second-order valence-electron chi connectivity index (χ2n) is 6.06. The number of hydrogen-bond donors (Lipinski definition) is 3. The zero-order valence-corrected chi connectivity index (χ0v) is 14.6. The Morgan fingerprint density at radius 3 is 2.45 bits per heavy atom. The van der Waals surface area contributed by atoms with E-state index in [1.165, 1.54) is 0 Å². The number of nitrogens with zero attached hydrogens (tertiary/aromatic N) is 1. The van der Waals surface area contributed by atoms with Gasteiger partial charge in [-0.05, 0) is 25.0 Å². The Hall–Kier alpha value is -0.590. The van der Waals surface area contributed by atoms with Gasteiger partial charge in [0.25, 0.3) is 0 Å². The Morgan fingerprint density at radius 2 is 1.95 bits per heavy atom.